The quantitative estimate of drug-likeness (QED) is 0.572. The average Bonchev–Trinajstić information content (AvgIpc) is 2.51. The van der Waals surface area contributed by atoms with Crippen LogP contribution >= 0.6 is 11.8 Å². The molecule has 0 aliphatic carbocycles. The van der Waals surface area contributed by atoms with Gasteiger partial charge in [-0.1, -0.05) is 6.07 Å². The normalized spacial score (nSPS) is 11.8. The maximum atomic E-state index is 11.4. The molecule has 0 aromatic carbocycles. The van der Waals surface area contributed by atoms with Gasteiger partial charge in [0.05, 0.1) is 19.4 Å². The molecule has 2 N–H and O–H groups in total. The zero-order valence-electron chi connectivity index (χ0n) is 12.2. The van der Waals surface area contributed by atoms with Gasteiger partial charge in [0.25, 0.3) is 0 Å². The Morgan fingerprint density at radius 2 is 2.19 bits per heavy atom. The lowest BCUT2D eigenvalue weighted by molar-refractivity contribution is -0.144. The van der Waals surface area contributed by atoms with Crippen LogP contribution < -0.4 is 5.73 Å². The van der Waals surface area contributed by atoms with Crippen molar-refractivity contribution in [1.29, 1.82) is 0 Å². The second kappa shape index (κ2) is 9.36. The molecular formula is C14H20N2O4S. The van der Waals surface area contributed by atoms with Gasteiger partial charge in [-0.3, -0.25) is 4.79 Å². The van der Waals surface area contributed by atoms with Crippen LogP contribution in [0.4, 0.5) is 0 Å². The third-order valence-corrected chi connectivity index (χ3v) is 3.64. The minimum atomic E-state index is -0.591. The van der Waals surface area contributed by atoms with Gasteiger partial charge in [-0.05, 0) is 31.2 Å². The number of methoxy groups -OCH3 is 1. The summed E-state index contributed by atoms with van der Waals surface area (Å²) in [5.41, 5.74) is 6.78. The fourth-order valence-electron chi connectivity index (χ4n) is 1.53. The van der Waals surface area contributed by atoms with Crippen LogP contribution in [0.15, 0.2) is 18.2 Å². The highest BCUT2D eigenvalue weighted by Crippen LogP contribution is 2.13. The third-order valence-electron chi connectivity index (χ3n) is 2.61. The van der Waals surface area contributed by atoms with Crippen LogP contribution in [-0.4, -0.2) is 42.4 Å². The van der Waals surface area contributed by atoms with E-state index in [4.69, 9.17) is 10.5 Å². The molecule has 0 radical (unpaired) electrons. The minimum Gasteiger partial charge on any atom is -0.465 e. The van der Waals surface area contributed by atoms with E-state index in [1.54, 1.807) is 30.8 Å². The number of rotatable bonds is 8. The molecule has 21 heavy (non-hydrogen) atoms. The smallest absolute Gasteiger partial charge is 0.356 e. The van der Waals surface area contributed by atoms with Crippen molar-refractivity contribution >= 4 is 23.7 Å². The standard InChI is InChI=1S/C14H20N2O4S/c1-3-20-13(17)11(15)7-8-21-9-10-5-4-6-12(16-10)14(18)19-2/h4-6,11H,3,7-9,15H2,1-2H3. The Morgan fingerprint density at radius 3 is 2.86 bits per heavy atom. The Morgan fingerprint density at radius 1 is 1.43 bits per heavy atom. The number of esters is 2. The number of nitrogens with zero attached hydrogens (tertiary/aromatic N) is 1. The number of hydrogen-bond donors (Lipinski definition) is 1. The zero-order valence-corrected chi connectivity index (χ0v) is 13.0. The molecule has 1 atom stereocenters. The fraction of sp³-hybridized carbons (Fsp3) is 0.500. The molecule has 1 unspecified atom stereocenters. The number of carbonyl (C=O) groups excluding carboxylic acids is 2. The molecule has 1 heterocycles. The van der Waals surface area contributed by atoms with Crippen LogP contribution in [-0.2, 0) is 20.0 Å². The van der Waals surface area contributed by atoms with Crippen molar-refractivity contribution < 1.29 is 19.1 Å². The Bertz CT molecular complexity index is 482. The molecule has 116 valence electrons. The number of hydrogen-bond acceptors (Lipinski definition) is 7. The highest BCUT2D eigenvalue weighted by atomic mass is 32.2. The predicted molar refractivity (Wildman–Crippen MR) is 81.0 cm³/mol. The van der Waals surface area contributed by atoms with Gasteiger partial charge in [0.1, 0.15) is 11.7 Å². The van der Waals surface area contributed by atoms with E-state index in [0.717, 1.165) is 5.69 Å². The van der Waals surface area contributed by atoms with Gasteiger partial charge in [0.15, 0.2) is 0 Å². The van der Waals surface area contributed by atoms with Gasteiger partial charge >= 0.3 is 11.9 Å². The summed E-state index contributed by atoms with van der Waals surface area (Å²) in [6.45, 7) is 2.09. The molecule has 1 aromatic rings. The van der Waals surface area contributed by atoms with Crippen molar-refractivity contribution in [3.63, 3.8) is 0 Å². The summed E-state index contributed by atoms with van der Waals surface area (Å²) in [4.78, 5) is 26.9. The van der Waals surface area contributed by atoms with Gasteiger partial charge in [0, 0.05) is 5.75 Å². The van der Waals surface area contributed by atoms with E-state index < -0.39 is 12.0 Å². The molecule has 0 aliphatic rings. The largest absolute Gasteiger partial charge is 0.465 e. The Labute approximate surface area is 128 Å². The molecule has 1 aromatic heterocycles. The first kappa shape index (κ1) is 17.5. The molecule has 0 aliphatic heterocycles. The van der Waals surface area contributed by atoms with Crippen molar-refractivity contribution in [3.05, 3.63) is 29.6 Å². The van der Waals surface area contributed by atoms with Gasteiger partial charge in [-0.15, -0.1) is 0 Å². The van der Waals surface area contributed by atoms with Gasteiger partial charge in [-0.25, -0.2) is 9.78 Å². The maximum absolute atomic E-state index is 11.4. The topological polar surface area (TPSA) is 91.5 Å². The Balaban J connectivity index is 2.36. The summed E-state index contributed by atoms with van der Waals surface area (Å²) >= 11 is 1.60. The molecule has 1 rings (SSSR count). The summed E-state index contributed by atoms with van der Waals surface area (Å²) in [6.07, 6.45) is 0.542. The van der Waals surface area contributed by atoms with Crippen LogP contribution in [0, 0.1) is 0 Å². The van der Waals surface area contributed by atoms with Gasteiger partial charge in [-0.2, -0.15) is 11.8 Å². The van der Waals surface area contributed by atoms with Crippen molar-refractivity contribution in [2.75, 3.05) is 19.5 Å². The number of thioether (sulfide) groups is 1. The lowest BCUT2D eigenvalue weighted by Crippen LogP contribution is -2.32. The molecule has 0 spiro atoms. The van der Waals surface area contributed by atoms with E-state index in [9.17, 15) is 9.59 Å². The molecule has 0 fully saturated rings. The van der Waals surface area contributed by atoms with Crippen LogP contribution in [0.25, 0.3) is 0 Å². The zero-order chi connectivity index (χ0) is 15.7. The number of ether oxygens (including phenoxy) is 2. The first-order chi connectivity index (χ1) is 10.1. The lowest BCUT2D eigenvalue weighted by atomic mass is 10.2. The van der Waals surface area contributed by atoms with E-state index >= 15 is 0 Å². The fourth-order valence-corrected chi connectivity index (χ4v) is 2.47. The van der Waals surface area contributed by atoms with E-state index in [-0.39, 0.29) is 5.97 Å². The number of nitrogens with two attached hydrogens (primary N) is 1. The third kappa shape index (κ3) is 6.14. The molecule has 7 heteroatoms. The Kier molecular flexibility index (Phi) is 7.78. The highest BCUT2D eigenvalue weighted by molar-refractivity contribution is 7.98. The summed E-state index contributed by atoms with van der Waals surface area (Å²) in [6, 6.07) is 4.62. The van der Waals surface area contributed by atoms with E-state index in [1.807, 2.05) is 6.07 Å². The van der Waals surface area contributed by atoms with Crippen molar-refractivity contribution in [2.24, 2.45) is 5.73 Å². The van der Waals surface area contributed by atoms with Crippen LogP contribution in [0.5, 0.6) is 0 Å². The van der Waals surface area contributed by atoms with Crippen molar-refractivity contribution in [2.45, 2.75) is 25.1 Å². The maximum Gasteiger partial charge on any atom is 0.356 e. The molecule has 0 saturated carbocycles. The van der Waals surface area contributed by atoms with E-state index in [1.165, 1.54) is 7.11 Å². The first-order valence-corrected chi connectivity index (χ1v) is 7.78. The molecule has 6 nitrogen and oxygen atoms in total. The van der Waals surface area contributed by atoms with Crippen LogP contribution in [0.2, 0.25) is 0 Å². The van der Waals surface area contributed by atoms with Gasteiger partial charge < -0.3 is 15.2 Å². The number of pyridine rings is 1. The van der Waals surface area contributed by atoms with E-state index in [0.29, 0.717) is 30.2 Å². The van der Waals surface area contributed by atoms with E-state index in [2.05, 4.69) is 9.72 Å². The van der Waals surface area contributed by atoms with Crippen LogP contribution in [0.1, 0.15) is 29.5 Å². The second-order valence-corrected chi connectivity index (χ2v) is 5.31. The van der Waals surface area contributed by atoms with Crippen LogP contribution in [0.3, 0.4) is 0 Å². The molecular weight excluding hydrogens is 292 g/mol. The number of aromatic nitrogens is 1. The summed E-state index contributed by atoms with van der Waals surface area (Å²) in [5.74, 6) is 0.528. The number of carbonyl (C=O) groups is 2. The molecule has 0 amide bonds. The lowest BCUT2D eigenvalue weighted by Gasteiger charge is -2.10. The van der Waals surface area contributed by atoms with Crippen molar-refractivity contribution in [1.82, 2.24) is 4.98 Å². The summed E-state index contributed by atoms with van der Waals surface area (Å²) in [7, 11) is 1.32. The monoisotopic (exact) mass is 312 g/mol. The van der Waals surface area contributed by atoms with Crippen molar-refractivity contribution in [3.8, 4) is 0 Å². The predicted octanol–water partition coefficient (Wildman–Crippen LogP) is 1.38. The minimum absolute atomic E-state index is 0.291. The highest BCUT2D eigenvalue weighted by Gasteiger charge is 2.14. The second-order valence-electron chi connectivity index (χ2n) is 4.21. The summed E-state index contributed by atoms with van der Waals surface area (Å²) in [5, 5.41) is 0. The first-order valence-electron chi connectivity index (χ1n) is 6.62. The SMILES string of the molecule is CCOC(=O)C(N)CCSCc1cccc(C(=O)OC)n1. The Hall–Kier alpha value is -1.60. The van der Waals surface area contributed by atoms with Gasteiger partial charge in [0.2, 0.25) is 0 Å². The summed E-state index contributed by atoms with van der Waals surface area (Å²) < 4.78 is 9.46. The average molecular weight is 312 g/mol. The molecule has 0 bridgehead atoms. The molecule has 0 saturated heterocycles.